The molecule has 7 heteroatoms. The summed E-state index contributed by atoms with van der Waals surface area (Å²) in [4.78, 5) is 4.13. The second kappa shape index (κ2) is 5.74. The summed E-state index contributed by atoms with van der Waals surface area (Å²) in [5.41, 5.74) is 0.944. The van der Waals surface area contributed by atoms with Crippen LogP contribution in [0.5, 0.6) is 0 Å². The fourth-order valence-corrected chi connectivity index (χ4v) is 2.12. The Kier molecular flexibility index (Phi) is 3.63. The maximum atomic E-state index is 4.39. The molecule has 0 saturated carbocycles. The number of rotatable bonds is 5. The van der Waals surface area contributed by atoms with Crippen LogP contribution < -0.4 is 5.32 Å². The topological polar surface area (TPSA) is 73.5 Å². The predicted molar refractivity (Wildman–Crippen MR) is 80.1 cm³/mol. The highest BCUT2D eigenvalue weighted by Gasteiger charge is 2.13. The van der Waals surface area contributed by atoms with Gasteiger partial charge in [-0.2, -0.15) is 5.10 Å². The Morgan fingerprint density at radius 3 is 2.71 bits per heavy atom. The molecule has 3 heterocycles. The molecular weight excluding hydrogens is 266 g/mol. The van der Waals surface area contributed by atoms with E-state index in [0.29, 0.717) is 5.95 Å². The fourth-order valence-electron chi connectivity index (χ4n) is 2.12. The molecule has 3 rings (SSSR count). The summed E-state index contributed by atoms with van der Waals surface area (Å²) >= 11 is 0. The van der Waals surface area contributed by atoms with E-state index in [4.69, 9.17) is 0 Å². The van der Waals surface area contributed by atoms with E-state index in [2.05, 4.69) is 32.5 Å². The van der Waals surface area contributed by atoms with E-state index in [-0.39, 0.29) is 0 Å². The zero-order valence-electron chi connectivity index (χ0n) is 12.1. The van der Waals surface area contributed by atoms with Gasteiger partial charge in [-0.1, -0.05) is 0 Å². The molecule has 0 atom stereocenters. The molecule has 0 unspecified atom stereocenters. The second-order valence-electron chi connectivity index (χ2n) is 4.51. The zero-order chi connectivity index (χ0) is 14.7. The predicted octanol–water partition coefficient (Wildman–Crippen LogP) is 2.32. The molecule has 0 aliphatic carbocycles. The van der Waals surface area contributed by atoms with Crippen molar-refractivity contribution in [1.82, 2.24) is 29.5 Å². The maximum Gasteiger partial charge on any atom is 0.230 e. The molecule has 3 aromatic rings. The minimum atomic E-state index is 0.678. The Morgan fingerprint density at radius 1 is 1.14 bits per heavy atom. The summed E-state index contributed by atoms with van der Waals surface area (Å²) in [6.45, 7) is 5.70. The first-order chi connectivity index (χ1) is 10.3. The van der Waals surface area contributed by atoms with Gasteiger partial charge < -0.3 is 5.32 Å². The van der Waals surface area contributed by atoms with Crippen molar-refractivity contribution in [2.45, 2.75) is 26.9 Å². The van der Waals surface area contributed by atoms with Gasteiger partial charge in [0.05, 0.1) is 0 Å². The van der Waals surface area contributed by atoms with Crippen molar-refractivity contribution in [2.24, 2.45) is 0 Å². The number of aromatic nitrogens is 6. The van der Waals surface area contributed by atoms with Crippen LogP contribution in [0.15, 0.2) is 36.8 Å². The van der Waals surface area contributed by atoms with E-state index in [1.54, 1.807) is 12.4 Å². The lowest BCUT2D eigenvalue weighted by Crippen LogP contribution is -2.05. The smallest absolute Gasteiger partial charge is 0.230 e. The third kappa shape index (κ3) is 2.62. The van der Waals surface area contributed by atoms with Crippen molar-refractivity contribution in [3.63, 3.8) is 0 Å². The summed E-state index contributed by atoms with van der Waals surface area (Å²) in [7, 11) is 0. The minimum absolute atomic E-state index is 0.678. The molecule has 0 aliphatic rings. The van der Waals surface area contributed by atoms with Gasteiger partial charge in [-0.25, -0.2) is 0 Å². The Bertz CT molecular complexity index is 714. The molecule has 21 heavy (non-hydrogen) atoms. The van der Waals surface area contributed by atoms with Gasteiger partial charge in [0, 0.05) is 43.3 Å². The molecule has 108 valence electrons. The van der Waals surface area contributed by atoms with Gasteiger partial charge in [-0.15, -0.1) is 10.2 Å². The summed E-state index contributed by atoms with van der Waals surface area (Å²) in [6.07, 6.45) is 5.45. The summed E-state index contributed by atoms with van der Waals surface area (Å²) in [5, 5.41) is 16.1. The van der Waals surface area contributed by atoms with Gasteiger partial charge in [0.15, 0.2) is 11.6 Å². The first-order valence-electron chi connectivity index (χ1n) is 6.96. The van der Waals surface area contributed by atoms with Crippen LogP contribution in [-0.2, 0) is 13.1 Å². The largest absolute Gasteiger partial charge is 0.307 e. The van der Waals surface area contributed by atoms with E-state index >= 15 is 0 Å². The highest BCUT2D eigenvalue weighted by molar-refractivity contribution is 5.58. The fraction of sp³-hybridized carbons (Fsp3) is 0.286. The van der Waals surface area contributed by atoms with Gasteiger partial charge in [0.25, 0.3) is 0 Å². The number of hydrogen-bond donors (Lipinski definition) is 1. The van der Waals surface area contributed by atoms with Crippen LogP contribution in [0.2, 0.25) is 0 Å². The minimum Gasteiger partial charge on any atom is -0.307 e. The van der Waals surface area contributed by atoms with E-state index in [9.17, 15) is 0 Å². The van der Waals surface area contributed by atoms with Gasteiger partial charge in [-0.05, 0) is 26.0 Å². The molecule has 0 bridgehead atoms. The van der Waals surface area contributed by atoms with Crippen LogP contribution in [0.1, 0.15) is 13.8 Å². The molecule has 0 amide bonds. The maximum absolute atomic E-state index is 4.39. The van der Waals surface area contributed by atoms with Crippen LogP contribution in [0.3, 0.4) is 0 Å². The van der Waals surface area contributed by atoms with Crippen molar-refractivity contribution in [1.29, 1.82) is 0 Å². The first-order valence-corrected chi connectivity index (χ1v) is 6.96. The number of anilines is 2. The molecule has 0 saturated heterocycles. The molecule has 3 aromatic heterocycles. The van der Waals surface area contributed by atoms with Crippen LogP contribution in [0.25, 0.3) is 11.4 Å². The number of nitrogens with one attached hydrogen (secondary N) is 1. The van der Waals surface area contributed by atoms with Crippen molar-refractivity contribution in [2.75, 3.05) is 5.32 Å². The average Bonchev–Trinajstić information content (AvgIpc) is 3.15. The third-order valence-electron chi connectivity index (χ3n) is 3.19. The third-order valence-corrected chi connectivity index (χ3v) is 3.19. The van der Waals surface area contributed by atoms with Crippen molar-refractivity contribution >= 4 is 11.8 Å². The van der Waals surface area contributed by atoms with E-state index in [1.165, 1.54) is 0 Å². The van der Waals surface area contributed by atoms with E-state index < -0.39 is 0 Å². The summed E-state index contributed by atoms with van der Waals surface area (Å²) in [5.74, 6) is 2.23. The first kappa shape index (κ1) is 13.3. The normalized spacial score (nSPS) is 10.8. The van der Waals surface area contributed by atoms with Crippen molar-refractivity contribution in [3.05, 3.63) is 36.8 Å². The molecule has 0 aromatic carbocycles. The number of nitrogens with zero attached hydrogens (tertiary/aromatic N) is 6. The Morgan fingerprint density at radius 2 is 2.05 bits per heavy atom. The SMILES string of the molecule is CCn1ccc(Nc2nnc(-c3cccnc3)n2CC)n1. The van der Waals surface area contributed by atoms with Crippen LogP contribution in [-0.4, -0.2) is 29.5 Å². The van der Waals surface area contributed by atoms with Gasteiger partial charge in [0.2, 0.25) is 5.95 Å². The molecular formula is C14H17N7. The standard InChI is InChI=1S/C14H17N7/c1-3-20-9-7-12(19-20)16-14-18-17-13(21(14)4-2)11-6-5-8-15-10-11/h5-10H,3-4H2,1-2H3,(H,16,18,19). The van der Waals surface area contributed by atoms with Crippen molar-refractivity contribution < 1.29 is 0 Å². The Balaban J connectivity index is 1.91. The highest BCUT2D eigenvalue weighted by Crippen LogP contribution is 2.21. The van der Waals surface area contributed by atoms with E-state index in [1.807, 2.05) is 40.6 Å². The second-order valence-corrected chi connectivity index (χ2v) is 4.51. The van der Waals surface area contributed by atoms with Crippen LogP contribution in [0, 0.1) is 0 Å². The monoisotopic (exact) mass is 283 g/mol. The van der Waals surface area contributed by atoms with Gasteiger partial charge in [-0.3, -0.25) is 14.2 Å². The molecule has 0 aliphatic heterocycles. The van der Waals surface area contributed by atoms with Gasteiger partial charge in [0.1, 0.15) is 0 Å². The lowest BCUT2D eigenvalue weighted by molar-refractivity contribution is 0.662. The summed E-state index contributed by atoms with van der Waals surface area (Å²) < 4.78 is 3.86. The zero-order valence-corrected chi connectivity index (χ0v) is 12.1. The molecule has 0 spiro atoms. The highest BCUT2D eigenvalue weighted by atomic mass is 15.4. The average molecular weight is 283 g/mol. The lowest BCUT2D eigenvalue weighted by atomic mass is 10.3. The quantitative estimate of drug-likeness (QED) is 0.778. The lowest BCUT2D eigenvalue weighted by Gasteiger charge is -2.07. The van der Waals surface area contributed by atoms with Gasteiger partial charge >= 0.3 is 0 Å². The molecule has 0 radical (unpaired) electrons. The van der Waals surface area contributed by atoms with Crippen LogP contribution >= 0.6 is 0 Å². The van der Waals surface area contributed by atoms with E-state index in [0.717, 1.165) is 30.3 Å². The number of pyridine rings is 1. The Hall–Kier alpha value is -2.70. The molecule has 1 N–H and O–H groups in total. The van der Waals surface area contributed by atoms with Crippen molar-refractivity contribution in [3.8, 4) is 11.4 Å². The molecule has 0 fully saturated rings. The number of aryl methyl sites for hydroxylation is 1. The Labute approximate surface area is 122 Å². The summed E-state index contributed by atoms with van der Waals surface area (Å²) in [6, 6.07) is 5.78. The van der Waals surface area contributed by atoms with Crippen LogP contribution in [0.4, 0.5) is 11.8 Å². The number of hydrogen-bond acceptors (Lipinski definition) is 5. The molecule has 7 nitrogen and oxygen atoms in total.